The molecule has 98 valence electrons. The first-order valence-corrected chi connectivity index (χ1v) is 7.24. The second-order valence-corrected chi connectivity index (χ2v) is 6.02. The van der Waals surface area contributed by atoms with Gasteiger partial charge in [-0.05, 0) is 17.5 Å². The molecule has 3 nitrogen and oxygen atoms in total. The van der Waals surface area contributed by atoms with Gasteiger partial charge in [0, 0.05) is 11.0 Å². The van der Waals surface area contributed by atoms with E-state index in [9.17, 15) is 4.79 Å². The van der Waals surface area contributed by atoms with E-state index in [0.717, 1.165) is 18.8 Å². The summed E-state index contributed by atoms with van der Waals surface area (Å²) in [5.74, 6) is 0.0887. The van der Waals surface area contributed by atoms with Gasteiger partial charge in [0.05, 0.1) is 19.1 Å². The van der Waals surface area contributed by atoms with Crippen LogP contribution in [-0.2, 0) is 16.0 Å². The van der Waals surface area contributed by atoms with E-state index in [4.69, 9.17) is 9.84 Å². The van der Waals surface area contributed by atoms with Crippen LogP contribution in [0.4, 0.5) is 0 Å². The van der Waals surface area contributed by atoms with Gasteiger partial charge in [-0.1, -0.05) is 31.2 Å². The average molecular weight is 266 g/mol. The first kappa shape index (κ1) is 13.4. The zero-order valence-corrected chi connectivity index (χ0v) is 11.3. The molecule has 1 aliphatic heterocycles. The summed E-state index contributed by atoms with van der Waals surface area (Å²) in [5, 5.41) is 8.86. The number of carbonyl (C=O) groups is 1. The molecule has 2 rings (SSSR count). The molecule has 0 bridgehead atoms. The van der Waals surface area contributed by atoms with Crippen LogP contribution in [0.15, 0.2) is 24.3 Å². The molecule has 0 fully saturated rings. The lowest BCUT2D eigenvalue weighted by molar-refractivity contribution is -0.136. The van der Waals surface area contributed by atoms with Crippen molar-refractivity contribution in [2.24, 2.45) is 0 Å². The maximum atomic E-state index is 10.6. The molecule has 4 heteroatoms. The number of carboxylic acids is 1. The largest absolute Gasteiger partial charge is 0.481 e. The van der Waals surface area contributed by atoms with E-state index in [-0.39, 0.29) is 17.8 Å². The highest BCUT2D eigenvalue weighted by Gasteiger charge is 2.21. The third kappa shape index (κ3) is 3.50. The standard InChI is InChI=1S/C14H18O3S/c1-10(8-14(15)16)18-9-13-12-5-3-2-4-11(12)6-7-17-13/h2-5,10,13H,6-9H2,1H3,(H,15,16). The minimum Gasteiger partial charge on any atom is -0.481 e. The Morgan fingerprint density at radius 2 is 2.33 bits per heavy atom. The van der Waals surface area contributed by atoms with Crippen molar-refractivity contribution in [2.75, 3.05) is 12.4 Å². The summed E-state index contributed by atoms with van der Waals surface area (Å²) in [6.07, 6.45) is 1.29. The second kappa shape index (κ2) is 6.25. The average Bonchev–Trinajstić information content (AvgIpc) is 2.35. The maximum absolute atomic E-state index is 10.6. The van der Waals surface area contributed by atoms with Gasteiger partial charge in [0.2, 0.25) is 0 Å². The normalized spacial score (nSPS) is 20.2. The van der Waals surface area contributed by atoms with Crippen LogP contribution in [-0.4, -0.2) is 28.7 Å². The van der Waals surface area contributed by atoms with E-state index in [1.807, 2.05) is 13.0 Å². The third-order valence-corrected chi connectivity index (χ3v) is 4.32. The van der Waals surface area contributed by atoms with Gasteiger partial charge < -0.3 is 9.84 Å². The summed E-state index contributed by atoms with van der Waals surface area (Å²) in [4.78, 5) is 10.6. The van der Waals surface area contributed by atoms with Gasteiger partial charge in [0.15, 0.2) is 0 Å². The van der Waals surface area contributed by atoms with Crippen LogP contribution in [0.5, 0.6) is 0 Å². The molecular weight excluding hydrogens is 248 g/mol. The molecule has 1 aromatic carbocycles. The quantitative estimate of drug-likeness (QED) is 0.890. The van der Waals surface area contributed by atoms with Crippen LogP contribution in [0.3, 0.4) is 0 Å². The van der Waals surface area contributed by atoms with Crippen LogP contribution in [0.2, 0.25) is 0 Å². The Bertz CT molecular complexity index is 419. The molecule has 1 aromatic rings. The van der Waals surface area contributed by atoms with Gasteiger partial charge in [-0.25, -0.2) is 0 Å². The molecular formula is C14H18O3S. The van der Waals surface area contributed by atoms with Crippen LogP contribution < -0.4 is 0 Å². The molecule has 0 saturated carbocycles. The first-order chi connectivity index (χ1) is 8.66. The number of benzene rings is 1. The van der Waals surface area contributed by atoms with Crippen molar-refractivity contribution in [3.63, 3.8) is 0 Å². The van der Waals surface area contributed by atoms with Crippen molar-refractivity contribution < 1.29 is 14.6 Å². The lowest BCUT2D eigenvalue weighted by Crippen LogP contribution is -2.19. The maximum Gasteiger partial charge on any atom is 0.304 e. The second-order valence-electron chi connectivity index (χ2n) is 4.55. The minimum absolute atomic E-state index is 0.108. The minimum atomic E-state index is -0.736. The molecule has 0 aliphatic carbocycles. The smallest absolute Gasteiger partial charge is 0.304 e. The fourth-order valence-electron chi connectivity index (χ4n) is 2.17. The zero-order valence-electron chi connectivity index (χ0n) is 10.5. The predicted molar refractivity (Wildman–Crippen MR) is 73.0 cm³/mol. The van der Waals surface area contributed by atoms with Gasteiger partial charge in [-0.3, -0.25) is 4.79 Å². The Balaban J connectivity index is 1.93. The van der Waals surface area contributed by atoms with Crippen molar-refractivity contribution in [3.8, 4) is 0 Å². The summed E-state index contributed by atoms with van der Waals surface area (Å²) in [5.41, 5.74) is 2.62. The van der Waals surface area contributed by atoms with Crippen LogP contribution in [0.25, 0.3) is 0 Å². The Kier molecular flexibility index (Phi) is 4.66. The highest BCUT2D eigenvalue weighted by molar-refractivity contribution is 7.99. The highest BCUT2D eigenvalue weighted by atomic mass is 32.2. The summed E-state index contributed by atoms with van der Waals surface area (Å²) < 4.78 is 5.79. The van der Waals surface area contributed by atoms with Crippen molar-refractivity contribution in [3.05, 3.63) is 35.4 Å². The number of carboxylic acid groups (broad SMARTS) is 1. The lowest BCUT2D eigenvalue weighted by Gasteiger charge is -2.26. The summed E-state index contributed by atoms with van der Waals surface area (Å²) >= 11 is 1.67. The number of ether oxygens (including phenoxy) is 1. The van der Waals surface area contributed by atoms with E-state index in [1.165, 1.54) is 11.1 Å². The molecule has 1 aliphatic rings. The summed E-state index contributed by atoms with van der Waals surface area (Å²) in [6, 6.07) is 8.35. The van der Waals surface area contributed by atoms with Gasteiger partial charge in [0.1, 0.15) is 0 Å². The van der Waals surface area contributed by atoms with E-state index < -0.39 is 5.97 Å². The SMILES string of the molecule is CC(CC(=O)O)SCC1OCCc2ccccc21. The number of aliphatic carboxylic acids is 1. The molecule has 2 atom stereocenters. The van der Waals surface area contributed by atoms with Gasteiger partial charge in [-0.2, -0.15) is 11.8 Å². The fraction of sp³-hybridized carbons (Fsp3) is 0.500. The molecule has 0 spiro atoms. The van der Waals surface area contributed by atoms with Gasteiger partial charge >= 0.3 is 5.97 Å². The number of thioether (sulfide) groups is 1. The van der Waals surface area contributed by atoms with E-state index >= 15 is 0 Å². The Labute approximate surface area is 112 Å². The molecule has 2 unspecified atom stereocenters. The Morgan fingerprint density at radius 1 is 1.56 bits per heavy atom. The molecule has 0 amide bonds. The number of rotatable bonds is 5. The van der Waals surface area contributed by atoms with Crippen LogP contribution in [0, 0.1) is 0 Å². The fourth-order valence-corrected chi connectivity index (χ4v) is 3.21. The molecule has 0 aromatic heterocycles. The topological polar surface area (TPSA) is 46.5 Å². The first-order valence-electron chi connectivity index (χ1n) is 6.19. The highest BCUT2D eigenvalue weighted by Crippen LogP contribution is 2.31. The van der Waals surface area contributed by atoms with Crippen molar-refractivity contribution in [1.82, 2.24) is 0 Å². The monoisotopic (exact) mass is 266 g/mol. The van der Waals surface area contributed by atoms with E-state index in [2.05, 4.69) is 18.2 Å². The van der Waals surface area contributed by atoms with Gasteiger partial charge in [0.25, 0.3) is 0 Å². The summed E-state index contributed by atoms with van der Waals surface area (Å²) in [6.45, 7) is 2.71. The predicted octanol–water partition coefficient (Wildman–Crippen LogP) is 2.90. The van der Waals surface area contributed by atoms with E-state index in [1.54, 1.807) is 11.8 Å². The Morgan fingerprint density at radius 3 is 3.11 bits per heavy atom. The molecule has 18 heavy (non-hydrogen) atoms. The molecule has 0 saturated heterocycles. The molecule has 0 radical (unpaired) electrons. The third-order valence-electron chi connectivity index (χ3n) is 3.09. The number of hydrogen-bond acceptors (Lipinski definition) is 3. The number of hydrogen-bond donors (Lipinski definition) is 1. The lowest BCUT2D eigenvalue weighted by atomic mass is 9.99. The zero-order chi connectivity index (χ0) is 13.0. The van der Waals surface area contributed by atoms with Crippen LogP contribution in [0.1, 0.15) is 30.6 Å². The molecule has 1 N–H and O–H groups in total. The van der Waals surface area contributed by atoms with E-state index in [0.29, 0.717) is 0 Å². The molecule has 1 heterocycles. The Hall–Kier alpha value is -1.00. The van der Waals surface area contributed by atoms with Crippen molar-refractivity contribution in [2.45, 2.75) is 31.1 Å². The van der Waals surface area contributed by atoms with Crippen LogP contribution >= 0.6 is 11.8 Å². The van der Waals surface area contributed by atoms with Crippen molar-refractivity contribution in [1.29, 1.82) is 0 Å². The van der Waals surface area contributed by atoms with Gasteiger partial charge in [-0.15, -0.1) is 0 Å². The van der Waals surface area contributed by atoms with Crippen molar-refractivity contribution >= 4 is 17.7 Å². The number of fused-ring (bicyclic) bond motifs is 1. The summed E-state index contributed by atoms with van der Waals surface area (Å²) in [7, 11) is 0.